The molecule has 0 heterocycles. The second-order valence-electron chi connectivity index (χ2n) is 4.77. The number of ether oxygens (including phenoxy) is 3. The molecule has 0 unspecified atom stereocenters. The van der Waals surface area contributed by atoms with Crippen molar-refractivity contribution in [2.24, 2.45) is 0 Å². The average molecular weight is 332 g/mol. The summed E-state index contributed by atoms with van der Waals surface area (Å²) in [5, 5.41) is 8.47. The fourth-order valence-corrected chi connectivity index (χ4v) is 1.76. The van der Waals surface area contributed by atoms with E-state index in [0.29, 0.717) is 23.6 Å². The number of hydrogen-bond donors (Lipinski definition) is 0. The van der Waals surface area contributed by atoms with Crippen LogP contribution in [0.15, 0.2) is 24.3 Å². The van der Waals surface area contributed by atoms with E-state index in [4.69, 9.17) is 19.5 Å². The van der Waals surface area contributed by atoms with Gasteiger partial charge in [0.05, 0.1) is 26.7 Å². The van der Waals surface area contributed by atoms with Crippen LogP contribution in [0.5, 0.6) is 11.5 Å². The molecule has 0 N–H and O–H groups in total. The van der Waals surface area contributed by atoms with Crippen LogP contribution in [-0.2, 0) is 14.3 Å². The minimum absolute atomic E-state index is 0.228. The third-order valence-electron chi connectivity index (χ3n) is 3.16. The topological polar surface area (TPSA) is 88.9 Å². The van der Waals surface area contributed by atoms with Gasteiger partial charge in [-0.3, -0.25) is 4.79 Å². The van der Waals surface area contributed by atoms with Gasteiger partial charge in [-0.25, -0.2) is 4.79 Å². The predicted octanol–water partition coefficient (Wildman–Crippen LogP) is 1.63. The minimum atomic E-state index is -0.651. The lowest BCUT2D eigenvalue weighted by Crippen LogP contribution is -2.31. The Morgan fingerprint density at radius 2 is 2.04 bits per heavy atom. The first-order valence-electron chi connectivity index (χ1n) is 7.19. The Labute approximate surface area is 141 Å². The molecule has 0 aliphatic carbocycles. The zero-order chi connectivity index (χ0) is 17.9. The van der Waals surface area contributed by atoms with E-state index in [-0.39, 0.29) is 18.9 Å². The molecule has 0 spiro atoms. The van der Waals surface area contributed by atoms with Crippen LogP contribution in [0.1, 0.15) is 12.0 Å². The van der Waals surface area contributed by atoms with Crippen molar-refractivity contribution in [3.63, 3.8) is 0 Å². The van der Waals surface area contributed by atoms with Gasteiger partial charge in [-0.1, -0.05) is 0 Å². The van der Waals surface area contributed by atoms with Crippen molar-refractivity contribution in [3.05, 3.63) is 29.8 Å². The van der Waals surface area contributed by atoms with Crippen LogP contribution >= 0.6 is 0 Å². The maximum Gasteiger partial charge on any atom is 0.331 e. The second-order valence-corrected chi connectivity index (χ2v) is 4.77. The molecule has 0 fully saturated rings. The highest BCUT2D eigenvalue weighted by Gasteiger charge is 2.10. The van der Waals surface area contributed by atoms with Gasteiger partial charge in [-0.2, -0.15) is 5.26 Å². The quantitative estimate of drug-likeness (QED) is 0.531. The molecule has 128 valence electrons. The second kappa shape index (κ2) is 9.90. The highest BCUT2D eigenvalue weighted by molar-refractivity contribution is 5.89. The molecule has 0 atom stereocenters. The highest BCUT2D eigenvalue weighted by Crippen LogP contribution is 2.25. The number of hydrogen-bond acceptors (Lipinski definition) is 6. The van der Waals surface area contributed by atoms with Gasteiger partial charge in [0.1, 0.15) is 11.5 Å². The van der Waals surface area contributed by atoms with Crippen LogP contribution in [-0.4, -0.2) is 51.2 Å². The SMILES string of the molecule is COc1ccc(OC)c(C=CC(=O)OCC(=O)N(C)CCC#N)c1. The Hall–Kier alpha value is -3.01. The molecule has 7 heteroatoms. The van der Waals surface area contributed by atoms with Crippen molar-refractivity contribution < 1.29 is 23.8 Å². The van der Waals surface area contributed by atoms with E-state index < -0.39 is 5.97 Å². The van der Waals surface area contributed by atoms with Crippen molar-refractivity contribution in [1.29, 1.82) is 5.26 Å². The average Bonchev–Trinajstić information content (AvgIpc) is 2.61. The van der Waals surface area contributed by atoms with Crippen molar-refractivity contribution in [2.45, 2.75) is 6.42 Å². The van der Waals surface area contributed by atoms with Gasteiger partial charge < -0.3 is 19.1 Å². The number of benzene rings is 1. The molecule has 24 heavy (non-hydrogen) atoms. The summed E-state index contributed by atoms with van der Waals surface area (Å²) < 4.78 is 15.2. The van der Waals surface area contributed by atoms with Crippen molar-refractivity contribution in [1.82, 2.24) is 4.90 Å². The predicted molar refractivity (Wildman–Crippen MR) is 87.4 cm³/mol. The summed E-state index contributed by atoms with van der Waals surface area (Å²) in [6.45, 7) is -0.0793. The Morgan fingerprint density at radius 1 is 1.29 bits per heavy atom. The van der Waals surface area contributed by atoms with E-state index in [9.17, 15) is 9.59 Å². The number of amides is 1. The molecule has 0 saturated carbocycles. The normalized spacial score (nSPS) is 10.1. The van der Waals surface area contributed by atoms with Gasteiger partial charge in [-0.15, -0.1) is 0 Å². The van der Waals surface area contributed by atoms with Gasteiger partial charge in [0.2, 0.25) is 0 Å². The molecule has 1 rings (SSSR count). The molecule has 0 aliphatic heterocycles. The first-order chi connectivity index (χ1) is 11.5. The van der Waals surface area contributed by atoms with Gasteiger partial charge in [-0.05, 0) is 24.3 Å². The summed E-state index contributed by atoms with van der Waals surface area (Å²) in [5.41, 5.74) is 0.645. The Kier molecular flexibility index (Phi) is 7.85. The molecule has 1 aromatic carbocycles. The first-order valence-corrected chi connectivity index (χ1v) is 7.19. The fraction of sp³-hybridized carbons (Fsp3) is 0.353. The zero-order valence-electron chi connectivity index (χ0n) is 13.9. The Bertz CT molecular complexity index is 649. The molecule has 0 bridgehead atoms. The molecule has 0 aliphatic rings. The summed E-state index contributed by atoms with van der Waals surface area (Å²) in [5.74, 6) is 0.179. The maximum absolute atomic E-state index is 11.7. The molecule has 1 amide bonds. The maximum atomic E-state index is 11.7. The van der Waals surface area contributed by atoms with Gasteiger partial charge in [0.15, 0.2) is 6.61 Å². The minimum Gasteiger partial charge on any atom is -0.497 e. The number of likely N-dealkylation sites (N-methyl/N-ethyl adjacent to an activating group) is 1. The fourth-order valence-electron chi connectivity index (χ4n) is 1.76. The van der Waals surface area contributed by atoms with E-state index in [2.05, 4.69) is 0 Å². The van der Waals surface area contributed by atoms with Crippen LogP contribution < -0.4 is 9.47 Å². The van der Waals surface area contributed by atoms with Crippen molar-refractivity contribution in [3.8, 4) is 17.6 Å². The molecule has 0 radical (unpaired) electrons. The third-order valence-corrected chi connectivity index (χ3v) is 3.16. The number of rotatable bonds is 8. The number of methoxy groups -OCH3 is 2. The Morgan fingerprint density at radius 3 is 2.67 bits per heavy atom. The van der Waals surface area contributed by atoms with Gasteiger partial charge >= 0.3 is 5.97 Å². The number of carbonyl (C=O) groups is 2. The van der Waals surface area contributed by atoms with E-state index in [1.54, 1.807) is 25.2 Å². The standard InChI is InChI=1S/C17H20N2O5/c1-19(10-4-9-18)16(20)12-24-17(21)8-5-13-11-14(22-2)6-7-15(13)23-3/h5-8,11H,4,10,12H2,1-3H3. The first kappa shape index (κ1) is 19.0. The summed E-state index contributed by atoms with van der Waals surface area (Å²) in [6, 6.07) is 7.11. The molecule has 7 nitrogen and oxygen atoms in total. The summed E-state index contributed by atoms with van der Waals surface area (Å²) in [4.78, 5) is 24.7. The summed E-state index contributed by atoms with van der Waals surface area (Å²) in [6.07, 6.45) is 2.96. The van der Waals surface area contributed by atoms with Gasteiger partial charge in [0, 0.05) is 25.2 Å². The van der Waals surface area contributed by atoms with E-state index >= 15 is 0 Å². The van der Waals surface area contributed by atoms with Crippen molar-refractivity contribution in [2.75, 3.05) is 34.4 Å². The number of carbonyl (C=O) groups excluding carboxylic acids is 2. The molecular formula is C17H20N2O5. The highest BCUT2D eigenvalue weighted by atomic mass is 16.5. The lowest BCUT2D eigenvalue weighted by Gasteiger charge is -2.14. The third kappa shape index (κ3) is 6.01. The van der Waals surface area contributed by atoms with E-state index in [1.807, 2.05) is 6.07 Å². The number of nitriles is 1. The lowest BCUT2D eigenvalue weighted by molar-refractivity contribution is -0.147. The van der Waals surface area contributed by atoms with E-state index in [0.717, 1.165) is 0 Å². The van der Waals surface area contributed by atoms with Crippen molar-refractivity contribution >= 4 is 18.0 Å². The van der Waals surface area contributed by atoms with E-state index in [1.165, 1.54) is 31.3 Å². The summed E-state index contributed by atoms with van der Waals surface area (Å²) >= 11 is 0. The van der Waals surface area contributed by atoms with Crippen LogP contribution in [0.25, 0.3) is 6.08 Å². The molecule has 0 aromatic heterocycles. The number of nitrogens with zero attached hydrogens (tertiary/aromatic N) is 2. The lowest BCUT2D eigenvalue weighted by atomic mass is 10.1. The van der Waals surface area contributed by atoms with Crippen LogP contribution in [0, 0.1) is 11.3 Å². The van der Waals surface area contributed by atoms with Gasteiger partial charge in [0.25, 0.3) is 5.91 Å². The van der Waals surface area contributed by atoms with Crippen LogP contribution in [0.3, 0.4) is 0 Å². The number of esters is 1. The molecular weight excluding hydrogens is 312 g/mol. The largest absolute Gasteiger partial charge is 0.497 e. The Balaban J connectivity index is 2.60. The van der Waals surface area contributed by atoms with Crippen LogP contribution in [0.2, 0.25) is 0 Å². The zero-order valence-corrected chi connectivity index (χ0v) is 13.9. The molecule has 0 saturated heterocycles. The smallest absolute Gasteiger partial charge is 0.331 e. The van der Waals surface area contributed by atoms with Crippen LogP contribution in [0.4, 0.5) is 0 Å². The summed E-state index contributed by atoms with van der Waals surface area (Å²) in [7, 11) is 4.61. The molecule has 1 aromatic rings. The monoisotopic (exact) mass is 332 g/mol.